The van der Waals surface area contributed by atoms with E-state index in [1.54, 1.807) is 12.1 Å². The highest BCUT2D eigenvalue weighted by Crippen LogP contribution is 2.26. The lowest BCUT2D eigenvalue weighted by Gasteiger charge is -2.08. The number of benzene rings is 2. The van der Waals surface area contributed by atoms with E-state index in [2.05, 4.69) is 15.6 Å². The summed E-state index contributed by atoms with van der Waals surface area (Å²) < 4.78 is 39.8. The molecule has 1 aromatic heterocycles. The van der Waals surface area contributed by atoms with Crippen molar-refractivity contribution in [3.8, 4) is 0 Å². The van der Waals surface area contributed by atoms with Crippen LogP contribution in [0, 0.1) is 17.5 Å². The minimum absolute atomic E-state index is 0.111. The second-order valence-corrected chi connectivity index (χ2v) is 4.98. The second-order valence-electron chi connectivity index (χ2n) is 4.98. The van der Waals surface area contributed by atoms with Crippen molar-refractivity contribution in [1.29, 1.82) is 0 Å². The fraction of sp³-hybridized carbons (Fsp3) is 0.125. The van der Waals surface area contributed by atoms with Crippen LogP contribution in [0.3, 0.4) is 0 Å². The van der Waals surface area contributed by atoms with Crippen molar-refractivity contribution in [2.45, 2.75) is 6.54 Å². The van der Waals surface area contributed by atoms with E-state index in [0.717, 1.165) is 29.1 Å². The molecule has 1 heterocycles. The van der Waals surface area contributed by atoms with Gasteiger partial charge < -0.3 is 15.6 Å². The van der Waals surface area contributed by atoms with Crippen LogP contribution in [-0.4, -0.2) is 12.0 Å². The summed E-state index contributed by atoms with van der Waals surface area (Å²) in [5, 5.41) is 6.88. The topological polar surface area (TPSA) is 39.9 Å². The minimum Gasteiger partial charge on any atom is -0.361 e. The first kappa shape index (κ1) is 14.5. The van der Waals surface area contributed by atoms with Crippen LogP contribution in [0.4, 0.5) is 24.5 Å². The van der Waals surface area contributed by atoms with E-state index < -0.39 is 17.5 Å². The molecule has 114 valence electrons. The first-order valence-corrected chi connectivity index (χ1v) is 6.74. The molecule has 2 aromatic carbocycles. The van der Waals surface area contributed by atoms with Crippen LogP contribution in [0.2, 0.25) is 0 Å². The van der Waals surface area contributed by atoms with Gasteiger partial charge in [-0.05, 0) is 24.7 Å². The van der Waals surface area contributed by atoms with Crippen LogP contribution < -0.4 is 10.6 Å². The molecule has 0 aliphatic carbocycles. The standard InChI is InChI=1S/C16H14F3N3/c1-20-7-9-8-21-15-4-10(2-3-11(9)15)22-16-6-13(18)12(17)5-14(16)19/h2-6,8,20-22H,7H2,1H3. The zero-order chi connectivity index (χ0) is 15.7. The van der Waals surface area contributed by atoms with E-state index in [-0.39, 0.29) is 5.69 Å². The minimum atomic E-state index is -1.21. The molecule has 3 aromatic rings. The molecule has 0 unspecified atom stereocenters. The van der Waals surface area contributed by atoms with Gasteiger partial charge >= 0.3 is 0 Å². The molecular formula is C16H14F3N3. The number of halogens is 3. The van der Waals surface area contributed by atoms with E-state index in [4.69, 9.17) is 0 Å². The normalized spacial score (nSPS) is 11.1. The van der Waals surface area contributed by atoms with Gasteiger partial charge in [-0.1, -0.05) is 6.07 Å². The Labute approximate surface area is 125 Å². The molecule has 22 heavy (non-hydrogen) atoms. The lowest BCUT2D eigenvalue weighted by molar-refractivity contribution is 0.496. The summed E-state index contributed by atoms with van der Waals surface area (Å²) in [5.41, 5.74) is 2.46. The summed E-state index contributed by atoms with van der Waals surface area (Å²) in [7, 11) is 1.86. The van der Waals surface area contributed by atoms with Gasteiger partial charge in [0, 0.05) is 41.5 Å². The van der Waals surface area contributed by atoms with Crippen LogP contribution in [0.5, 0.6) is 0 Å². The maximum atomic E-state index is 13.6. The highest BCUT2D eigenvalue weighted by Gasteiger charge is 2.10. The number of aromatic nitrogens is 1. The van der Waals surface area contributed by atoms with Gasteiger partial charge in [0.2, 0.25) is 0 Å². The van der Waals surface area contributed by atoms with Crippen LogP contribution >= 0.6 is 0 Å². The van der Waals surface area contributed by atoms with Crippen molar-refractivity contribution in [2.75, 3.05) is 12.4 Å². The van der Waals surface area contributed by atoms with Crippen molar-refractivity contribution in [3.63, 3.8) is 0 Å². The Bertz CT molecular complexity index is 827. The fourth-order valence-corrected chi connectivity index (χ4v) is 2.37. The van der Waals surface area contributed by atoms with Gasteiger partial charge in [-0.15, -0.1) is 0 Å². The number of H-pyrrole nitrogens is 1. The zero-order valence-electron chi connectivity index (χ0n) is 11.8. The van der Waals surface area contributed by atoms with E-state index in [9.17, 15) is 13.2 Å². The highest BCUT2D eigenvalue weighted by molar-refractivity contribution is 5.87. The summed E-state index contributed by atoms with van der Waals surface area (Å²) in [6.45, 7) is 0.727. The third-order valence-electron chi connectivity index (χ3n) is 3.42. The number of hydrogen-bond donors (Lipinski definition) is 3. The largest absolute Gasteiger partial charge is 0.361 e. The Kier molecular flexibility index (Phi) is 3.77. The molecule has 0 aliphatic heterocycles. The number of anilines is 2. The van der Waals surface area contributed by atoms with Gasteiger partial charge in [-0.3, -0.25) is 0 Å². The van der Waals surface area contributed by atoms with Crippen molar-refractivity contribution >= 4 is 22.3 Å². The number of rotatable bonds is 4. The van der Waals surface area contributed by atoms with Crippen LogP contribution in [0.1, 0.15) is 5.56 Å². The third kappa shape index (κ3) is 2.65. The van der Waals surface area contributed by atoms with Gasteiger partial charge in [-0.25, -0.2) is 13.2 Å². The highest BCUT2D eigenvalue weighted by atomic mass is 19.2. The van der Waals surface area contributed by atoms with Gasteiger partial charge in [-0.2, -0.15) is 0 Å². The van der Waals surface area contributed by atoms with Gasteiger partial charge in [0.05, 0.1) is 5.69 Å². The predicted octanol–water partition coefficient (Wildman–Crippen LogP) is 4.05. The molecule has 3 nitrogen and oxygen atoms in total. The maximum Gasteiger partial charge on any atom is 0.161 e. The smallest absolute Gasteiger partial charge is 0.161 e. The molecule has 3 rings (SSSR count). The van der Waals surface area contributed by atoms with E-state index in [1.165, 1.54) is 0 Å². The van der Waals surface area contributed by atoms with Crippen molar-refractivity contribution in [1.82, 2.24) is 10.3 Å². The molecule has 0 saturated heterocycles. The quantitative estimate of drug-likeness (QED) is 0.636. The predicted molar refractivity (Wildman–Crippen MR) is 80.7 cm³/mol. The van der Waals surface area contributed by atoms with Crippen LogP contribution in [0.15, 0.2) is 36.5 Å². The molecule has 0 bridgehead atoms. The Morgan fingerprint density at radius 3 is 2.55 bits per heavy atom. The van der Waals surface area contributed by atoms with Gasteiger partial charge in [0.1, 0.15) is 5.82 Å². The molecule has 0 amide bonds. The Hall–Kier alpha value is -2.47. The molecule has 0 radical (unpaired) electrons. The molecule has 0 atom stereocenters. The van der Waals surface area contributed by atoms with Crippen molar-refractivity contribution in [2.24, 2.45) is 0 Å². The van der Waals surface area contributed by atoms with Crippen molar-refractivity contribution in [3.05, 3.63) is 59.5 Å². The monoisotopic (exact) mass is 305 g/mol. The molecule has 6 heteroatoms. The molecule has 0 aliphatic rings. The first-order valence-electron chi connectivity index (χ1n) is 6.74. The van der Waals surface area contributed by atoms with Gasteiger partial charge in [0.25, 0.3) is 0 Å². The first-order chi connectivity index (χ1) is 10.6. The summed E-state index contributed by atoms with van der Waals surface area (Å²) in [5.74, 6) is -3.15. The number of hydrogen-bond acceptors (Lipinski definition) is 2. The van der Waals surface area contributed by atoms with E-state index in [0.29, 0.717) is 11.8 Å². The molecule has 0 spiro atoms. The number of nitrogens with one attached hydrogen (secondary N) is 3. The lowest BCUT2D eigenvalue weighted by Crippen LogP contribution is -2.03. The second kappa shape index (κ2) is 5.73. The third-order valence-corrected chi connectivity index (χ3v) is 3.42. The van der Waals surface area contributed by atoms with Gasteiger partial charge in [0.15, 0.2) is 11.6 Å². The maximum absolute atomic E-state index is 13.6. The summed E-state index contributed by atoms with van der Waals surface area (Å²) in [6.07, 6.45) is 1.89. The molecule has 3 N–H and O–H groups in total. The van der Waals surface area contributed by atoms with E-state index in [1.807, 2.05) is 19.3 Å². The SMILES string of the molecule is CNCc1c[nH]c2cc(Nc3cc(F)c(F)cc3F)ccc12. The molecule has 0 saturated carbocycles. The Balaban J connectivity index is 1.93. The summed E-state index contributed by atoms with van der Waals surface area (Å²) in [4.78, 5) is 3.13. The number of fused-ring (bicyclic) bond motifs is 1. The summed E-state index contributed by atoms with van der Waals surface area (Å²) in [6, 6.07) is 6.76. The molecule has 0 fully saturated rings. The Morgan fingerprint density at radius 2 is 1.77 bits per heavy atom. The van der Waals surface area contributed by atoms with Crippen LogP contribution in [-0.2, 0) is 6.54 Å². The molecular weight excluding hydrogens is 291 g/mol. The lowest BCUT2D eigenvalue weighted by atomic mass is 10.1. The average Bonchev–Trinajstić information content (AvgIpc) is 2.88. The Morgan fingerprint density at radius 1 is 1.00 bits per heavy atom. The van der Waals surface area contributed by atoms with Crippen LogP contribution in [0.25, 0.3) is 10.9 Å². The van der Waals surface area contributed by atoms with Crippen molar-refractivity contribution < 1.29 is 13.2 Å². The zero-order valence-corrected chi connectivity index (χ0v) is 11.8. The fourth-order valence-electron chi connectivity index (χ4n) is 2.37. The number of aromatic amines is 1. The van der Waals surface area contributed by atoms with E-state index >= 15 is 0 Å². The average molecular weight is 305 g/mol. The summed E-state index contributed by atoms with van der Waals surface area (Å²) >= 11 is 0.